The van der Waals surface area contributed by atoms with E-state index in [-0.39, 0.29) is 6.42 Å². The Bertz CT molecular complexity index is 98.6. The molecule has 0 atom stereocenters. The first kappa shape index (κ1) is 7.56. The summed E-state index contributed by atoms with van der Waals surface area (Å²) in [7, 11) is 0. The molecule has 1 N–H and O–H groups in total. The first-order valence-electron chi connectivity index (χ1n) is 2.17. The molecule has 0 amide bonds. The third-order valence-corrected chi connectivity index (χ3v) is 0.989. The number of rotatable bonds is 3. The summed E-state index contributed by atoms with van der Waals surface area (Å²) in [6.07, 6.45) is 3.63. The number of thioether (sulfide) groups is 1. The second kappa shape index (κ2) is 4.71. The number of hydrogen-bond donors (Lipinski definition) is 1. The summed E-state index contributed by atoms with van der Waals surface area (Å²) in [5.41, 5.74) is 0. The van der Waals surface area contributed by atoms with Gasteiger partial charge >= 0.3 is 5.97 Å². The first-order chi connectivity index (χ1) is 3.77. The Balaban J connectivity index is 3.16. The van der Waals surface area contributed by atoms with Gasteiger partial charge in [0.1, 0.15) is 0 Å². The van der Waals surface area contributed by atoms with Crippen LogP contribution in [0, 0.1) is 0 Å². The highest BCUT2D eigenvalue weighted by molar-refractivity contribution is 8.01. The van der Waals surface area contributed by atoms with Gasteiger partial charge in [-0.2, -0.15) is 0 Å². The zero-order valence-corrected chi connectivity index (χ0v) is 5.44. The van der Waals surface area contributed by atoms with Gasteiger partial charge in [0.2, 0.25) is 0 Å². The van der Waals surface area contributed by atoms with E-state index in [0.717, 1.165) is 0 Å². The van der Waals surface area contributed by atoms with Crippen LogP contribution in [0.1, 0.15) is 6.42 Å². The maximum Gasteiger partial charge on any atom is 0.307 e. The summed E-state index contributed by atoms with van der Waals surface area (Å²) in [5, 5.41) is 9.84. The highest BCUT2D eigenvalue weighted by Gasteiger charge is 1.86. The Morgan fingerprint density at radius 2 is 2.50 bits per heavy atom. The number of aliphatic carboxylic acids is 1. The standard InChI is InChI=1S/C5H8O2S/c1-8-4-2-3-5(6)7/h2,4H,3H2,1H3,(H,6,7)/b4-2+. The molecule has 0 rings (SSSR count). The molecule has 0 aliphatic heterocycles. The molecule has 0 aliphatic rings. The van der Waals surface area contributed by atoms with E-state index in [0.29, 0.717) is 0 Å². The Labute approximate surface area is 52.6 Å². The first-order valence-corrected chi connectivity index (χ1v) is 3.45. The quantitative estimate of drug-likeness (QED) is 0.629. The highest BCUT2D eigenvalue weighted by atomic mass is 32.2. The van der Waals surface area contributed by atoms with Crippen LogP contribution in [0.3, 0.4) is 0 Å². The number of carbonyl (C=O) groups is 1. The van der Waals surface area contributed by atoms with Crippen LogP contribution < -0.4 is 0 Å². The molecule has 0 aromatic heterocycles. The van der Waals surface area contributed by atoms with Gasteiger partial charge < -0.3 is 5.11 Å². The van der Waals surface area contributed by atoms with Crippen LogP contribution in [0.2, 0.25) is 0 Å². The van der Waals surface area contributed by atoms with Crippen molar-refractivity contribution in [3.63, 3.8) is 0 Å². The predicted molar refractivity (Wildman–Crippen MR) is 34.9 cm³/mol. The molecule has 0 heterocycles. The van der Waals surface area contributed by atoms with Gasteiger partial charge in [0, 0.05) is 0 Å². The zero-order valence-electron chi connectivity index (χ0n) is 4.63. The van der Waals surface area contributed by atoms with Crippen molar-refractivity contribution in [2.45, 2.75) is 6.42 Å². The Hall–Kier alpha value is -0.440. The van der Waals surface area contributed by atoms with E-state index in [1.165, 1.54) is 11.8 Å². The van der Waals surface area contributed by atoms with Gasteiger partial charge in [-0.3, -0.25) is 4.79 Å². The fourth-order valence-electron chi connectivity index (χ4n) is 0.245. The molecule has 0 aromatic rings. The largest absolute Gasteiger partial charge is 0.481 e. The molecule has 0 aliphatic carbocycles. The molecule has 8 heavy (non-hydrogen) atoms. The van der Waals surface area contributed by atoms with Crippen molar-refractivity contribution in [2.24, 2.45) is 0 Å². The third kappa shape index (κ3) is 5.56. The lowest BCUT2D eigenvalue weighted by atomic mass is 10.4. The summed E-state index contributed by atoms with van der Waals surface area (Å²) in [4.78, 5) is 9.81. The smallest absolute Gasteiger partial charge is 0.307 e. The Morgan fingerprint density at radius 1 is 1.88 bits per heavy atom. The fraction of sp³-hybridized carbons (Fsp3) is 0.400. The number of carboxylic acid groups (broad SMARTS) is 1. The highest BCUT2D eigenvalue weighted by Crippen LogP contribution is 1.94. The van der Waals surface area contributed by atoms with Crippen LogP contribution in [-0.2, 0) is 4.79 Å². The van der Waals surface area contributed by atoms with E-state index >= 15 is 0 Å². The van der Waals surface area contributed by atoms with Gasteiger partial charge in [-0.05, 0) is 11.7 Å². The Morgan fingerprint density at radius 3 is 2.88 bits per heavy atom. The molecule has 3 heteroatoms. The van der Waals surface area contributed by atoms with Crippen LogP contribution in [0.15, 0.2) is 11.5 Å². The fourth-order valence-corrected chi connectivity index (χ4v) is 0.534. The molecule has 2 nitrogen and oxygen atoms in total. The van der Waals surface area contributed by atoms with Crippen LogP contribution in [0.25, 0.3) is 0 Å². The molecule has 0 radical (unpaired) electrons. The molecular formula is C5H8O2S. The molecular weight excluding hydrogens is 124 g/mol. The van der Waals surface area contributed by atoms with Gasteiger partial charge in [-0.1, -0.05) is 6.08 Å². The molecule has 0 fully saturated rings. The van der Waals surface area contributed by atoms with Crippen molar-refractivity contribution in [3.05, 3.63) is 11.5 Å². The summed E-state index contributed by atoms with van der Waals surface area (Å²) >= 11 is 1.50. The number of hydrogen-bond acceptors (Lipinski definition) is 2. The van der Waals surface area contributed by atoms with Gasteiger partial charge in [0.15, 0.2) is 0 Å². The average molecular weight is 132 g/mol. The van der Waals surface area contributed by atoms with Crippen LogP contribution >= 0.6 is 11.8 Å². The van der Waals surface area contributed by atoms with Crippen LogP contribution in [0.5, 0.6) is 0 Å². The van der Waals surface area contributed by atoms with Crippen molar-refractivity contribution in [2.75, 3.05) is 6.26 Å². The van der Waals surface area contributed by atoms with Crippen molar-refractivity contribution in [1.29, 1.82) is 0 Å². The van der Waals surface area contributed by atoms with E-state index in [2.05, 4.69) is 0 Å². The topological polar surface area (TPSA) is 37.3 Å². The molecule has 0 aromatic carbocycles. The lowest BCUT2D eigenvalue weighted by Crippen LogP contribution is -1.88. The monoisotopic (exact) mass is 132 g/mol. The van der Waals surface area contributed by atoms with Gasteiger partial charge in [-0.15, -0.1) is 11.8 Å². The van der Waals surface area contributed by atoms with E-state index < -0.39 is 5.97 Å². The Kier molecular flexibility index (Phi) is 4.45. The molecule has 0 bridgehead atoms. The van der Waals surface area contributed by atoms with Crippen molar-refractivity contribution >= 4 is 17.7 Å². The van der Waals surface area contributed by atoms with Gasteiger partial charge in [0.05, 0.1) is 6.42 Å². The normalized spacial score (nSPS) is 10.1. The van der Waals surface area contributed by atoms with E-state index in [1.807, 2.05) is 6.26 Å². The van der Waals surface area contributed by atoms with Gasteiger partial charge in [-0.25, -0.2) is 0 Å². The van der Waals surface area contributed by atoms with Gasteiger partial charge in [0.25, 0.3) is 0 Å². The minimum Gasteiger partial charge on any atom is -0.481 e. The number of carboxylic acids is 1. The lowest BCUT2D eigenvalue weighted by Gasteiger charge is -1.79. The van der Waals surface area contributed by atoms with Crippen molar-refractivity contribution in [3.8, 4) is 0 Å². The van der Waals surface area contributed by atoms with Crippen LogP contribution in [0.4, 0.5) is 0 Å². The summed E-state index contributed by atoms with van der Waals surface area (Å²) in [6.45, 7) is 0. The minimum atomic E-state index is -0.782. The molecule has 0 saturated carbocycles. The van der Waals surface area contributed by atoms with Crippen LogP contribution in [-0.4, -0.2) is 17.3 Å². The molecule has 0 unspecified atom stereocenters. The van der Waals surface area contributed by atoms with E-state index in [9.17, 15) is 4.79 Å². The van der Waals surface area contributed by atoms with E-state index in [4.69, 9.17) is 5.11 Å². The molecule has 46 valence electrons. The summed E-state index contributed by atoms with van der Waals surface area (Å²) in [5.74, 6) is -0.782. The second-order valence-corrected chi connectivity index (χ2v) is 1.95. The lowest BCUT2D eigenvalue weighted by molar-refractivity contribution is -0.135. The summed E-state index contributed by atoms with van der Waals surface area (Å²) in [6, 6.07) is 0. The predicted octanol–water partition coefficient (Wildman–Crippen LogP) is 1.34. The minimum absolute atomic E-state index is 0.126. The SMILES string of the molecule is CS/C=C/CC(=O)O. The maximum absolute atomic E-state index is 9.81. The zero-order chi connectivity index (χ0) is 6.41. The van der Waals surface area contributed by atoms with Crippen molar-refractivity contribution < 1.29 is 9.90 Å². The second-order valence-electron chi connectivity index (χ2n) is 1.21. The average Bonchev–Trinajstić information content (AvgIpc) is 1.66. The summed E-state index contributed by atoms with van der Waals surface area (Å²) < 4.78 is 0. The van der Waals surface area contributed by atoms with Crippen molar-refractivity contribution in [1.82, 2.24) is 0 Å². The third-order valence-electron chi connectivity index (χ3n) is 0.525. The maximum atomic E-state index is 9.81. The van der Waals surface area contributed by atoms with E-state index in [1.54, 1.807) is 11.5 Å². The molecule has 0 saturated heterocycles. The molecule has 0 spiro atoms.